The Bertz CT molecular complexity index is 446. The van der Waals surface area contributed by atoms with E-state index in [1.165, 1.54) is 12.0 Å². The standard InChI is InChI=1S/C16H26N2O2/c1-16(2)12-18(9-5-8-17-16)11-13-6-7-14(19-3)10-15(13)20-4/h6-7,10,17H,5,8-9,11-12H2,1-4H3. The van der Waals surface area contributed by atoms with Crippen LogP contribution in [0.15, 0.2) is 18.2 Å². The Kier molecular flexibility index (Phi) is 4.89. The zero-order valence-electron chi connectivity index (χ0n) is 13.0. The monoisotopic (exact) mass is 278 g/mol. The molecule has 0 spiro atoms. The van der Waals surface area contributed by atoms with Crippen LogP contribution in [0.4, 0.5) is 0 Å². The van der Waals surface area contributed by atoms with Crippen molar-refractivity contribution in [2.24, 2.45) is 0 Å². The largest absolute Gasteiger partial charge is 0.497 e. The van der Waals surface area contributed by atoms with E-state index in [2.05, 4.69) is 30.1 Å². The molecule has 112 valence electrons. The normalized spacial score (nSPS) is 19.4. The van der Waals surface area contributed by atoms with E-state index >= 15 is 0 Å². The molecule has 4 heteroatoms. The van der Waals surface area contributed by atoms with Gasteiger partial charge in [-0.3, -0.25) is 4.90 Å². The molecule has 1 N–H and O–H groups in total. The first-order valence-corrected chi connectivity index (χ1v) is 7.22. The summed E-state index contributed by atoms with van der Waals surface area (Å²) in [4.78, 5) is 2.49. The highest BCUT2D eigenvalue weighted by molar-refractivity contribution is 5.40. The Labute approximate surface area is 122 Å². The number of ether oxygens (including phenoxy) is 2. The molecule has 1 saturated heterocycles. The van der Waals surface area contributed by atoms with Crippen LogP contribution in [-0.2, 0) is 6.54 Å². The Morgan fingerprint density at radius 1 is 1.25 bits per heavy atom. The van der Waals surface area contributed by atoms with Gasteiger partial charge in [-0.2, -0.15) is 0 Å². The molecular formula is C16H26N2O2. The highest BCUT2D eigenvalue weighted by Gasteiger charge is 2.24. The Morgan fingerprint density at radius 2 is 2.05 bits per heavy atom. The van der Waals surface area contributed by atoms with Gasteiger partial charge in [0, 0.05) is 30.3 Å². The fraction of sp³-hybridized carbons (Fsp3) is 0.625. The summed E-state index contributed by atoms with van der Waals surface area (Å²) in [5, 5.41) is 3.59. The molecular weight excluding hydrogens is 252 g/mol. The fourth-order valence-corrected chi connectivity index (χ4v) is 2.78. The van der Waals surface area contributed by atoms with Crippen molar-refractivity contribution in [3.8, 4) is 11.5 Å². The second-order valence-corrected chi connectivity index (χ2v) is 6.05. The first kappa shape index (κ1) is 15.1. The quantitative estimate of drug-likeness (QED) is 0.916. The van der Waals surface area contributed by atoms with Crippen molar-refractivity contribution in [3.63, 3.8) is 0 Å². The van der Waals surface area contributed by atoms with Gasteiger partial charge in [0.15, 0.2) is 0 Å². The summed E-state index contributed by atoms with van der Waals surface area (Å²) in [5.41, 5.74) is 1.38. The van der Waals surface area contributed by atoms with E-state index in [9.17, 15) is 0 Å². The van der Waals surface area contributed by atoms with Crippen molar-refractivity contribution >= 4 is 0 Å². The van der Waals surface area contributed by atoms with Crippen LogP contribution in [0.1, 0.15) is 25.8 Å². The highest BCUT2D eigenvalue weighted by atomic mass is 16.5. The van der Waals surface area contributed by atoms with Gasteiger partial charge < -0.3 is 14.8 Å². The van der Waals surface area contributed by atoms with Gasteiger partial charge in [0.05, 0.1) is 14.2 Å². The first-order chi connectivity index (χ1) is 9.54. The Morgan fingerprint density at radius 3 is 2.75 bits per heavy atom. The van der Waals surface area contributed by atoms with Gasteiger partial charge >= 0.3 is 0 Å². The minimum absolute atomic E-state index is 0.163. The van der Waals surface area contributed by atoms with E-state index in [1.807, 2.05) is 12.1 Å². The number of rotatable bonds is 4. The molecule has 1 aliphatic heterocycles. The number of nitrogens with zero attached hydrogens (tertiary/aromatic N) is 1. The highest BCUT2D eigenvalue weighted by Crippen LogP contribution is 2.26. The van der Waals surface area contributed by atoms with Crippen LogP contribution in [0.2, 0.25) is 0 Å². The van der Waals surface area contributed by atoms with Crippen LogP contribution in [0, 0.1) is 0 Å². The van der Waals surface area contributed by atoms with Crippen LogP contribution in [0.5, 0.6) is 11.5 Å². The minimum Gasteiger partial charge on any atom is -0.497 e. The number of methoxy groups -OCH3 is 2. The van der Waals surface area contributed by atoms with Crippen molar-refractivity contribution in [2.75, 3.05) is 33.9 Å². The van der Waals surface area contributed by atoms with E-state index in [0.29, 0.717) is 0 Å². The van der Waals surface area contributed by atoms with Crippen molar-refractivity contribution in [2.45, 2.75) is 32.4 Å². The van der Waals surface area contributed by atoms with Crippen molar-refractivity contribution < 1.29 is 9.47 Å². The lowest BCUT2D eigenvalue weighted by Gasteiger charge is -2.30. The van der Waals surface area contributed by atoms with E-state index in [4.69, 9.17) is 9.47 Å². The molecule has 1 aromatic carbocycles. The van der Waals surface area contributed by atoms with Crippen molar-refractivity contribution in [1.82, 2.24) is 10.2 Å². The summed E-state index contributed by atoms with van der Waals surface area (Å²) in [5.74, 6) is 1.74. The molecule has 0 amide bonds. The van der Waals surface area contributed by atoms with Gasteiger partial charge in [-0.25, -0.2) is 0 Å². The Balaban J connectivity index is 2.12. The summed E-state index contributed by atoms with van der Waals surface area (Å²) in [7, 11) is 3.39. The lowest BCUT2D eigenvalue weighted by molar-refractivity contribution is 0.221. The molecule has 20 heavy (non-hydrogen) atoms. The van der Waals surface area contributed by atoms with E-state index in [1.54, 1.807) is 14.2 Å². The average molecular weight is 278 g/mol. The van der Waals surface area contributed by atoms with Crippen molar-refractivity contribution in [1.29, 1.82) is 0 Å². The van der Waals surface area contributed by atoms with Crippen LogP contribution in [0.3, 0.4) is 0 Å². The SMILES string of the molecule is COc1ccc(CN2CCCNC(C)(C)C2)c(OC)c1. The molecule has 4 nitrogen and oxygen atoms in total. The second kappa shape index (κ2) is 6.46. The Hall–Kier alpha value is -1.26. The van der Waals surface area contributed by atoms with Crippen LogP contribution in [-0.4, -0.2) is 44.3 Å². The topological polar surface area (TPSA) is 33.7 Å². The lowest BCUT2D eigenvalue weighted by Crippen LogP contribution is -2.46. The fourth-order valence-electron chi connectivity index (χ4n) is 2.78. The van der Waals surface area contributed by atoms with Gasteiger partial charge in [-0.15, -0.1) is 0 Å². The summed E-state index contributed by atoms with van der Waals surface area (Å²) < 4.78 is 10.7. The third kappa shape index (κ3) is 3.87. The maximum atomic E-state index is 5.49. The maximum Gasteiger partial charge on any atom is 0.127 e. The smallest absolute Gasteiger partial charge is 0.127 e. The number of nitrogens with one attached hydrogen (secondary N) is 1. The van der Waals surface area contributed by atoms with Gasteiger partial charge in [0.2, 0.25) is 0 Å². The maximum absolute atomic E-state index is 5.49. The van der Waals surface area contributed by atoms with Crippen LogP contribution >= 0.6 is 0 Å². The van der Waals surface area contributed by atoms with Crippen molar-refractivity contribution in [3.05, 3.63) is 23.8 Å². The first-order valence-electron chi connectivity index (χ1n) is 7.22. The van der Waals surface area contributed by atoms with Gasteiger partial charge in [0.25, 0.3) is 0 Å². The minimum atomic E-state index is 0.163. The van der Waals surface area contributed by atoms with Gasteiger partial charge in [-0.05, 0) is 39.4 Å². The predicted molar refractivity (Wildman–Crippen MR) is 81.5 cm³/mol. The van der Waals surface area contributed by atoms with Gasteiger partial charge in [0.1, 0.15) is 11.5 Å². The second-order valence-electron chi connectivity index (χ2n) is 6.05. The summed E-state index contributed by atoms with van der Waals surface area (Å²) in [6, 6.07) is 6.05. The number of benzene rings is 1. The third-order valence-electron chi connectivity index (χ3n) is 3.76. The molecule has 1 aliphatic rings. The molecule has 1 aromatic rings. The zero-order valence-corrected chi connectivity index (χ0v) is 13.0. The third-order valence-corrected chi connectivity index (χ3v) is 3.76. The number of hydrogen-bond donors (Lipinski definition) is 1. The van der Waals surface area contributed by atoms with E-state index < -0.39 is 0 Å². The molecule has 1 heterocycles. The molecule has 1 fully saturated rings. The predicted octanol–water partition coefficient (Wildman–Crippen LogP) is 2.28. The van der Waals surface area contributed by atoms with Crippen LogP contribution < -0.4 is 14.8 Å². The molecule has 0 saturated carbocycles. The molecule has 2 rings (SSSR count). The molecule has 0 unspecified atom stereocenters. The van der Waals surface area contributed by atoms with E-state index in [0.717, 1.165) is 37.7 Å². The average Bonchev–Trinajstić information content (AvgIpc) is 2.59. The molecule has 0 bridgehead atoms. The summed E-state index contributed by atoms with van der Waals surface area (Å²) >= 11 is 0. The molecule has 0 atom stereocenters. The molecule has 0 aliphatic carbocycles. The van der Waals surface area contributed by atoms with Crippen LogP contribution in [0.25, 0.3) is 0 Å². The van der Waals surface area contributed by atoms with Gasteiger partial charge in [-0.1, -0.05) is 6.07 Å². The zero-order chi connectivity index (χ0) is 14.6. The molecule has 0 aromatic heterocycles. The molecule has 0 radical (unpaired) electrons. The van der Waals surface area contributed by atoms with E-state index in [-0.39, 0.29) is 5.54 Å². The summed E-state index contributed by atoms with van der Waals surface area (Å²) in [6.07, 6.45) is 1.18. The summed E-state index contributed by atoms with van der Waals surface area (Å²) in [6.45, 7) is 8.68. The number of hydrogen-bond acceptors (Lipinski definition) is 4. The lowest BCUT2D eigenvalue weighted by atomic mass is 10.1.